The molecule has 0 aromatic rings. The predicted octanol–water partition coefficient (Wildman–Crippen LogP) is 4.85. The molecule has 2 rings (SSSR count). The first-order valence-corrected chi connectivity index (χ1v) is 10.4. The van der Waals surface area contributed by atoms with E-state index in [-0.39, 0.29) is 20.5 Å². The zero-order valence-corrected chi connectivity index (χ0v) is 16.5. The summed E-state index contributed by atoms with van der Waals surface area (Å²) in [4.78, 5) is 14.9. The summed E-state index contributed by atoms with van der Waals surface area (Å²) in [6.07, 6.45) is 9.66. The number of carbonyl (C=O) groups is 1. The van der Waals surface area contributed by atoms with E-state index in [0.717, 1.165) is 19.4 Å². The van der Waals surface area contributed by atoms with E-state index in [0.29, 0.717) is 4.81 Å². The van der Waals surface area contributed by atoms with Crippen molar-refractivity contribution in [2.24, 2.45) is 0 Å². The molecule has 1 amide bonds. The number of halogens is 1. The average Bonchev–Trinajstić information content (AvgIpc) is 2.67. The summed E-state index contributed by atoms with van der Waals surface area (Å²) in [6, 6.07) is 0. The van der Waals surface area contributed by atoms with Gasteiger partial charge in [-0.25, -0.2) is 0 Å². The molecule has 0 atom stereocenters. The number of hydrogen-bond donors (Lipinski definition) is 0. The van der Waals surface area contributed by atoms with Gasteiger partial charge in [0.25, 0.3) is 0 Å². The van der Waals surface area contributed by atoms with E-state index in [2.05, 4.69) is 54.3 Å². The molecule has 112 valence electrons. The summed E-state index contributed by atoms with van der Waals surface area (Å²) < 4.78 is 2.79. The zero-order valence-electron chi connectivity index (χ0n) is 12.7. The maximum absolute atomic E-state index is 12.4. The van der Waals surface area contributed by atoms with Crippen LogP contribution in [0.1, 0.15) is 59.3 Å². The summed E-state index contributed by atoms with van der Waals surface area (Å²) >= 11 is 2.49. The molecule has 1 aliphatic carbocycles. The molecule has 2 aliphatic rings. The second-order valence-electron chi connectivity index (χ2n) is 6.05. The van der Waals surface area contributed by atoms with Gasteiger partial charge in [-0.1, -0.05) is 0 Å². The van der Waals surface area contributed by atoms with Crippen LogP contribution in [0.3, 0.4) is 0 Å². The van der Waals surface area contributed by atoms with Crippen LogP contribution < -0.4 is 0 Å². The van der Waals surface area contributed by atoms with Crippen molar-refractivity contribution in [1.82, 2.24) is 4.90 Å². The van der Waals surface area contributed by atoms with Crippen LogP contribution in [0.5, 0.6) is 0 Å². The number of allylic oxidation sites excluding steroid dienone is 3. The fourth-order valence-electron chi connectivity index (χ4n) is 2.80. The standard InChI is InChI=1S/C16H24INOSe/c1-4-5-11-18-15(19)20-14(16(18,2)3)13(17)12-9-7-6-8-10-12/h9H,4-8,10-11H2,1-3H3/b14-13+. The van der Waals surface area contributed by atoms with Crippen molar-refractivity contribution in [3.63, 3.8) is 0 Å². The van der Waals surface area contributed by atoms with Crippen LogP contribution in [-0.2, 0) is 0 Å². The van der Waals surface area contributed by atoms with Crippen molar-refractivity contribution in [3.05, 3.63) is 19.7 Å². The van der Waals surface area contributed by atoms with Crippen LogP contribution in [0, 0.1) is 0 Å². The molecule has 1 aliphatic heterocycles. The molecule has 1 fully saturated rings. The van der Waals surface area contributed by atoms with Gasteiger partial charge in [-0.05, 0) is 0 Å². The van der Waals surface area contributed by atoms with E-state index >= 15 is 0 Å². The van der Waals surface area contributed by atoms with Crippen molar-refractivity contribution in [1.29, 1.82) is 0 Å². The van der Waals surface area contributed by atoms with E-state index in [1.165, 1.54) is 39.3 Å². The van der Waals surface area contributed by atoms with Crippen LogP contribution in [0.4, 0.5) is 4.79 Å². The third-order valence-electron chi connectivity index (χ3n) is 4.15. The molecule has 4 heteroatoms. The fraction of sp³-hybridized carbons (Fsp3) is 0.688. The second kappa shape index (κ2) is 6.97. The van der Waals surface area contributed by atoms with E-state index in [4.69, 9.17) is 0 Å². The molecule has 1 saturated heterocycles. The Kier molecular flexibility index (Phi) is 5.78. The van der Waals surface area contributed by atoms with Crippen LogP contribution in [-0.4, -0.2) is 36.7 Å². The summed E-state index contributed by atoms with van der Waals surface area (Å²) in [7, 11) is 0. The molecule has 0 N–H and O–H groups in total. The van der Waals surface area contributed by atoms with Gasteiger partial charge in [0.05, 0.1) is 0 Å². The van der Waals surface area contributed by atoms with Crippen LogP contribution in [0.2, 0.25) is 0 Å². The first-order chi connectivity index (χ1) is 9.48. The fourth-order valence-corrected chi connectivity index (χ4v) is 7.01. The molecule has 0 radical (unpaired) electrons. The molecule has 2 nitrogen and oxygen atoms in total. The van der Waals surface area contributed by atoms with E-state index in [9.17, 15) is 4.79 Å². The molecular weight excluding hydrogens is 428 g/mol. The van der Waals surface area contributed by atoms with Crippen LogP contribution >= 0.6 is 22.6 Å². The van der Waals surface area contributed by atoms with Gasteiger partial charge in [0, 0.05) is 0 Å². The Morgan fingerprint density at radius 3 is 2.80 bits per heavy atom. The predicted molar refractivity (Wildman–Crippen MR) is 94.4 cm³/mol. The number of rotatable bonds is 4. The van der Waals surface area contributed by atoms with Gasteiger partial charge in [0.2, 0.25) is 0 Å². The molecule has 0 spiro atoms. The second-order valence-corrected chi connectivity index (χ2v) is 9.15. The van der Waals surface area contributed by atoms with E-state index in [1.54, 1.807) is 0 Å². The Hall–Kier alpha value is 0.199. The topological polar surface area (TPSA) is 20.3 Å². The van der Waals surface area contributed by atoms with E-state index in [1.807, 2.05) is 0 Å². The van der Waals surface area contributed by atoms with Gasteiger partial charge in [-0.15, -0.1) is 0 Å². The Bertz CT molecular complexity index is 453. The molecule has 0 unspecified atom stereocenters. The molecule has 0 aromatic heterocycles. The monoisotopic (exact) mass is 453 g/mol. The minimum absolute atomic E-state index is 0.00789. The van der Waals surface area contributed by atoms with Gasteiger partial charge in [-0.2, -0.15) is 0 Å². The molecule has 0 saturated carbocycles. The number of hydrogen-bond acceptors (Lipinski definition) is 1. The molecule has 20 heavy (non-hydrogen) atoms. The van der Waals surface area contributed by atoms with Crippen molar-refractivity contribution >= 4 is 42.4 Å². The average molecular weight is 452 g/mol. The van der Waals surface area contributed by atoms with Crippen molar-refractivity contribution in [2.45, 2.75) is 64.8 Å². The maximum atomic E-state index is 12.4. The molecule has 0 bridgehead atoms. The van der Waals surface area contributed by atoms with Gasteiger partial charge in [-0.3, -0.25) is 0 Å². The Balaban J connectivity index is 2.28. The Morgan fingerprint density at radius 1 is 1.45 bits per heavy atom. The van der Waals surface area contributed by atoms with Gasteiger partial charge < -0.3 is 0 Å². The number of unbranched alkanes of at least 4 members (excludes halogenated alkanes) is 1. The van der Waals surface area contributed by atoms with Crippen molar-refractivity contribution in [2.75, 3.05) is 6.54 Å². The minimum atomic E-state index is -0.0823. The molecular formula is C16H24INOSe. The summed E-state index contributed by atoms with van der Waals surface area (Å²) in [6.45, 7) is 7.56. The van der Waals surface area contributed by atoms with E-state index < -0.39 is 0 Å². The normalized spacial score (nSPS) is 24.9. The van der Waals surface area contributed by atoms with Crippen LogP contribution in [0.25, 0.3) is 0 Å². The number of amides is 1. The quantitative estimate of drug-likeness (QED) is 0.441. The van der Waals surface area contributed by atoms with Crippen molar-refractivity contribution < 1.29 is 4.79 Å². The Morgan fingerprint density at radius 2 is 2.20 bits per heavy atom. The van der Waals surface area contributed by atoms with Gasteiger partial charge in [0.15, 0.2) is 0 Å². The molecule has 0 aromatic carbocycles. The van der Waals surface area contributed by atoms with Gasteiger partial charge in [0.1, 0.15) is 0 Å². The zero-order chi connectivity index (χ0) is 14.8. The van der Waals surface area contributed by atoms with Crippen molar-refractivity contribution in [3.8, 4) is 0 Å². The van der Waals surface area contributed by atoms with Crippen LogP contribution in [0.15, 0.2) is 19.7 Å². The summed E-state index contributed by atoms with van der Waals surface area (Å²) in [5.74, 6) is 0. The third kappa shape index (κ3) is 3.33. The molecule has 1 heterocycles. The SMILES string of the molecule is CCCCN1C(=O)[Se]/C(=C(/I)C2=CCCCC2)C1(C)C. The summed E-state index contributed by atoms with van der Waals surface area (Å²) in [5, 5.41) is 0. The van der Waals surface area contributed by atoms with Gasteiger partial charge >= 0.3 is 143 Å². The third-order valence-corrected chi connectivity index (χ3v) is 8.94. The number of carbonyl (C=O) groups excluding carboxylic acids is 1. The number of nitrogens with zero attached hydrogens (tertiary/aromatic N) is 1. The first-order valence-electron chi connectivity index (χ1n) is 7.57. The first kappa shape index (κ1) is 16.6. The summed E-state index contributed by atoms with van der Waals surface area (Å²) in [5.41, 5.74) is 1.41. The Labute approximate surface area is 142 Å².